The molecule has 15 nitrogen and oxygen atoms in total. The Hall–Kier alpha value is -3.79. The summed E-state index contributed by atoms with van der Waals surface area (Å²) < 4.78 is 21.9. The molecule has 0 saturated carbocycles. The molecule has 2 fully saturated rings. The van der Waals surface area contributed by atoms with Crippen molar-refractivity contribution in [3.63, 3.8) is 0 Å². The van der Waals surface area contributed by atoms with Crippen molar-refractivity contribution in [2.75, 3.05) is 33.0 Å². The highest BCUT2D eigenvalue weighted by Gasteiger charge is 2.62. The van der Waals surface area contributed by atoms with E-state index in [0.717, 1.165) is 0 Å². The molecular weight excluding hydrogens is 546 g/mol. The number of allylic oxidation sites excluding steroid dienone is 1. The van der Waals surface area contributed by atoms with Crippen LogP contribution in [0.2, 0.25) is 0 Å². The average molecular weight is 578 g/mol. The van der Waals surface area contributed by atoms with Crippen molar-refractivity contribution in [3.05, 3.63) is 61.3 Å². The maximum absolute atomic E-state index is 14.2. The van der Waals surface area contributed by atoms with Crippen molar-refractivity contribution in [1.82, 2.24) is 0 Å². The smallest absolute Gasteiger partial charge is 0.315 e. The molecule has 3 aliphatic rings. The van der Waals surface area contributed by atoms with Gasteiger partial charge in [0.05, 0.1) is 24.7 Å². The summed E-state index contributed by atoms with van der Waals surface area (Å²) in [5.41, 5.74) is -1.90. The first kappa shape index (κ1) is 30.2. The van der Waals surface area contributed by atoms with Crippen LogP contribution in [0.5, 0.6) is 0 Å². The lowest BCUT2D eigenvalue weighted by Gasteiger charge is -2.35. The second-order valence-electron chi connectivity index (χ2n) is 9.93. The number of hydrogen-bond donors (Lipinski definition) is 1. The molecule has 2 unspecified atom stereocenters. The van der Waals surface area contributed by atoms with Crippen LogP contribution in [0.15, 0.2) is 40.5 Å². The van der Waals surface area contributed by atoms with E-state index in [0.29, 0.717) is 25.3 Å². The first-order chi connectivity index (χ1) is 19.5. The lowest BCUT2D eigenvalue weighted by atomic mass is 9.71. The van der Waals surface area contributed by atoms with E-state index in [9.17, 15) is 34.9 Å². The van der Waals surface area contributed by atoms with Crippen LogP contribution in [-0.4, -0.2) is 89.5 Å². The van der Waals surface area contributed by atoms with Crippen LogP contribution in [0.1, 0.15) is 38.7 Å². The van der Waals surface area contributed by atoms with Crippen molar-refractivity contribution < 1.29 is 48.5 Å². The number of benzene rings is 1. The Balaban J connectivity index is 1.72. The van der Waals surface area contributed by atoms with Crippen LogP contribution in [0.4, 0.5) is 5.69 Å². The van der Waals surface area contributed by atoms with Crippen LogP contribution in [0.3, 0.4) is 0 Å². The molecular formula is C26H31N3O12. The molecule has 3 aliphatic heterocycles. The maximum Gasteiger partial charge on any atom is 0.315 e. The summed E-state index contributed by atoms with van der Waals surface area (Å²) in [4.78, 5) is 58.5. The molecule has 2 saturated heterocycles. The monoisotopic (exact) mass is 577 g/mol. The lowest BCUT2D eigenvalue weighted by Crippen LogP contribution is -2.53. The van der Waals surface area contributed by atoms with E-state index in [1.165, 1.54) is 31.2 Å². The molecule has 1 aromatic rings. The molecule has 6 atom stereocenters. The van der Waals surface area contributed by atoms with Crippen molar-refractivity contribution >= 4 is 23.2 Å². The summed E-state index contributed by atoms with van der Waals surface area (Å²) in [5, 5.41) is 33.1. The molecule has 222 valence electrons. The molecule has 0 bridgehead atoms. The molecule has 0 aliphatic carbocycles. The number of aliphatic imine (C=N–C) groups is 1. The molecule has 0 spiro atoms. The number of ether oxygens (including phenoxy) is 4. The molecule has 3 heterocycles. The van der Waals surface area contributed by atoms with E-state index >= 15 is 0 Å². The van der Waals surface area contributed by atoms with Gasteiger partial charge in [0.15, 0.2) is 17.5 Å². The van der Waals surface area contributed by atoms with Crippen LogP contribution in [0.25, 0.3) is 0 Å². The molecule has 0 amide bonds. The van der Waals surface area contributed by atoms with Gasteiger partial charge in [-0.1, -0.05) is 12.1 Å². The fourth-order valence-corrected chi connectivity index (χ4v) is 5.52. The Morgan fingerprint density at radius 3 is 2.63 bits per heavy atom. The topological polar surface area (TPSA) is 199 Å². The number of aliphatic hydroxyl groups is 1. The highest BCUT2D eigenvalue weighted by atomic mass is 17.0. The second-order valence-corrected chi connectivity index (χ2v) is 9.93. The predicted octanol–water partition coefficient (Wildman–Crippen LogP) is 1.69. The largest absolute Gasteiger partial charge is 0.465 e. The quantitative estimate of drug-likeness (QED) is 0.163. The summed E-state index contributed by atoms with van der Waals surface area (Å²) in [6.45, 7) is 4.99. The van der Waals surface area contributed by atoms with Crippen LogP contribution >= 0.6 is 0 Å². The highest BCUT2D eigenvalue weighted by molar-refractivity contribution is 6.11. The number of hydrogen-bond acceptors (Lipinski definition) is 13. The van der Waals surface area contributed by atoms with Gasteiger partial charge < -0.3 is 28.9 Å². The summed E-state index contributed by atoms with van der Waals surface area (Å²) in [6, 6.07) is 5.50. The van der Waals surface area contributed by atoms with Gasteiger partial charge in [0.25, 0.3) is 10.8 Å². The minimum atomic E-state index is -2.30. The van der Waals surface area contributed by atoms with Gasteiger partial charge >= 0.3 is 5.97 Å². The number of carbonyl (C=O) groups excluding carboxylic acids is 2. The molecule has 15 heteroatoms. The highest BCUT2D eigenvalue weighted by Crippen LogP contribution is 2.45. The van der Waals surface area contributed by atoms with Crippen molar-refractivity contribution in [2.24, 2.45) is 10.9 Å². The number of Topliss-reactive ketones (excluding diaryl/α,β-unsaturated/α-hetero) is 1. The van der Waals surface area contributed by atoms with Crippen molar-refractivity contribution in [1.29, 1.82) is 0 Å². The number of ketones is 1. The van der Waals surface area contributed by atoms with Gasteiger partial charge in [-0.15, -0.1) is 10.1 Å². The molecule has 0 radical (unpaired) electrons. The Morgan fingerprint density at radius 2 is 1.95 bits per heavy atom. The van der Waals surface area contributed by atoms with Gasteiger partial charge in [-0.3, -0.25) is 24.7 Å². The number of esters is 1. The first-order valence-corrected chi connectivity index (χ1v) is 13.1. The van der Waals surface area contributed by atoms with Crippen molar-refractivity contribution in [2.45, 2.75) is 57.0 Å². The van der Waals surface area contributed by atoms with Crippen LogP contribution < -0.4 is 0 Å². The number of carbonyl (C=O) groups is 2. The fraction of sp³-hybridized carbons (Fsp3) is 0.577. The van der Waals surface area contributed by atoms with E-state index < -0.39 is 64.1 Å². The van der Waals surface area contributed by atoms with Crippen LogP contribution in [-0.2, 0) is 33.4 Å². The number of non-ortho nitro benzene ring substituents is 1. The summed E-state index contributed by atoms with van der Waals surface area (Å²) in [7, 11) is 0. The molecule has 41 heavy (non-hydrogen) atoms. The minimum absolute atomic E-state index is 0.0312. The van der Waals surface area contributed by atoms with Gasteiger partial charge in [-0.25, -0.2) is 0 Å². The molecule has 0 aromatic heterocycles. The van der Waals surface area contributed by atoms with Gasteiger partial charge in [0, 0.05) is 54.7 Å². The van der Waals surface area contributed by atoms with Crippen molar-refractivity contribution in [3.8, 4) is 0 Å². The molecule has 1 aromatic carbocycles. The van der Waals surface area contributed by atoms with Crippen LogP contribution in [0, 0.1) is 26.1 Å². The second kappa shape index (κ2) is 12.4. The maximum atomic E-state index is 14.2. The zero-order chi connectivity index (χ0) is 29.9. The minimum Gasteiger partial charge on any atom is -0.465 e. The number of rotatable bonds is 12. The Kier molecular flexibility index (Phi) is 9.11. The summed E-state index contributed by atoms with van der Waals surface area (Å²) in [5.74, 6) is -3.86. The third kappa shape index (κ3) is 5.98. The number of fused-ring (bicyclic) bond motifs is 1. The predicted molar refractivity (Wildman–Crippen MR) is 139 cm³/mol. The van der Waals surface area contributed by atoms with E-state index in [4.69, 9.17) is 18.9 Å². The zero-order valence-corrected chi connectivity index (χ0v) is 22.7. The van der Waals surface area contributed by atoms with Gasteiger partial charge in [-0.2, -0.15) is 0 Å². The standard InChI is InChI=1S/C26H31N3O12/c1-4-37-9-6-10-38-25(31)20-15(3)27-14(2)19(21(20)16-7-5-8-17(11-16)28(33)34)23(30)26(32)13-40-22-18(41-29(35)36)12-39-24(22)26/h5,7-8,11,18,20-22,24,32H,4,6,9-10,12-13H2,1-3H3/t18-,20?,21?,22-,24+,26-/m1/s1. The fourth-order valence-electron chi connectivity index (χ4n) is 5.52. The zero-order valence-electron chi connectivity index (χ0n) is 22.7. The normalized spacial score (nSPS) is 29.1. The van der Waals surface area contributed by atoms with Gasteiger partial charge in [0.1, 0.15) is 18.1 Å². The third-order valence-corrected chi connectivity index (χ3v) is 7.33. The number of nitrogens with zero attached hydrogens (tertiary/aromatic N) is 3. The summed E-state index contributed by atoms with van der Waals surface area (Å²) >= 11 is 0. The van der Waals surface area contributed by atoms with Gasteiger partial charge in [-0.05, 0) is 26.3 Å². The SMILES string of the molecule is CCOCCCOC(=O)C1C(C)=NC(C)=C(C(=O)[C@]2(O)CO[C@@H]3[C@H](O[N+](=O)[O-])CO[C@@H]32)C1c1cccc([N+](=O)[O-])c1. The Morgan fingerprint density at radius 1 is 1.20 bits per heavy atom. The number of nitro groups is 1. The average Bonchev–Trinajstić information content (AvgIpc) is 3.48. The van der Waals surface area contributed by atoms with E-state index in [-0.39, 0.29) is 35.7 Å². The van der Waals surface area contributed by atoms with E-state index in [2.05, 4.69) is 9.83 Å². The lowest BCUT2D eigenvalue weighted by molar-refractivity contribution is -0.769. The Bertz CT molecular complexity index is 1280. The molecule has 1 N–H and O–H groups in total. The summed E-state index contributed by atoms with van der Waals surface area (Å²) in [6.07, 6.45) is -3.14. The van der Waals surface area contributed by atoms with E-state index in [1.807, 2.05) is 6.92 Å². The first-order valence-electron chi connectivity index (χ1n) is 13.1. The molecule has 4 rings (SSSR count). The van der Waals surface area contributed by atoms with E-state index in [1.54, 1.807) is 6.92 Å². The van der Waals surface area contributed by atoms with Gasteiger partial charge in [0.2, 0.25) is 0 Å². The Labute approximate surface area is 234 Å². The third-order valence-electron chi connectivity index (χ3n) is 7.33. The number of nitro benzene ring substituents is 1.